The van der Waals surface area contributed by atoms with Gasteiger partial charge in [-0.3, -0.25) is 4.79 Å². The molecule has 1 N–H and O–H groups in total. The van der Waals surface area contributed by atoms with Crippen molar-refractivity contribution in [2.24, 2.45) is 0 Å². The molecule has 0 heterocycles. The fraction of sp³-hybridized carbons (Fsp3) is 0.435. The van der Waals surface area contributed by atoms with Gasteiger partial charge >= 0.3 is 0 Å². The lowest BCUT2D eigenvalue weighted by molar-refractivity contribution is -0.121. The average Bonchev–Trinajstić information content (AvgIpc) is 3.19. The first kappa shape index (κ1) is 19.4. The minimum atomic E-state index is 0.0677. The first-order valence-electron chi connectivity index (χ1n) is 9.82. The SMILES string of the molecule is COCc1ccc(CNC(=O)CCc2cccc(OC3CCCC3)c2)cc1. The third kappa shape index (κ3) is 6.40. The van der Waals surface area contributed by atoms with Gasteiger partial charge in [0.15, 0.2) is 0 Å². The number of amides is 1. The number of benzene rings is 2. The maximum absolute atomic E-state index is 12.2. The number of rotatable bonds is 9. The summed E-state index contributed by atoms with van der Waals surface area (Å²) in [7, 11) is 1.69. The van der Waals surface area contributed by atoms with E-state index in [1.807, 2.05) is 36.4 Å². The third-order valence-electron chi connectivity index (χ3n) is 4.97. The second-order valence-corrected chi connectivity index (χ2v) is 7.20. The molecule has 0 unspecified atom stereocenters. The predicted molar refractivity (Wildman–Crippen MR) is 107 cm³/mol. The minimum absolute atomic E-state index is 0.0677. The quantitative estimate of drug-likeness (QED) is 0.714. The fourth-order valence-electron chi connectivity index (χ4n) is 3.44. The first-order valence-corrected chi connectivity index (χ1v) is 9.82. The van der Waals surface area contributed by atoms with Crippen LogP contribution in [0.15, 0.2) is 48.5 Å². The van der Waals surface area contributed by atoms with Gasteiger partial charge in [-0.05, 0) is 60.9 Å². The van der Waals surface area contributed by atoms with Gasteiger partial charge in [-0.2, -0.15) is 0 Å². The molecule has 144 valence electrons. The molecular weight excluding hydrogens is 338 g/mol. The molecule has 4 nitrogen and oxygen atoms in total. The van der Waals surface area contributed by atoms with E-state index in [0.717, 1.165) is 41.7 Å². The summed E-state index contributed by atoms with van der Waals surface area (Å²) < 4.78 is 11.2. The predicted octanol–water partition coefficient (Wildman–Crippen LogP) is 4.40. The zero-order chi connectivity index (χ0) is 18.9. The van der Waals surface area contributed by atoms with E-state index < -0.39 is 0 Å². The van der Waals surface area contributed by atoms with Gasteiger partial charge in [0.1, 0.15) is 5.75 Å². The number of aryl methyl sites for hydroxylation is 1. The van der Waals surface area contributed by atoms with Gasteiger partial charge in [-0.15, -0.1) is 0 Å². The Morgan fingerprint density at radius 1 is 1.04 bits per heavy atom. The van der Waals surface area contributed by atoms with Gasteiger partial charge in [-0.1, -0.05) is 36.4 Å². The van der Waals surface area contributed by atoms with Crippen molar-refractivity contribution in [3.05, 3.63) is 65.2 Å². The standard InChI is InChI=1S/C23H29NO3/c1-26-17-20-11-9-19(10-12-20)16-24-23(25)14-13-18-5-4-8-22(15-18)27-21-6-2-3-7-21/h4-5,8-12,15,21H,2-3,6-7,13-14,16-17H2,1H3,(H,24,25). The lowest BCUT2D eigenvalue weighted by atomic mass is 10.1. The molecule has 4 heteroatoms. The third-order valence-corrected chi connectivity index (χ3v) is 4.97. The van der Waals surface area contributed by atoms with Crippen molar-refractivity contribution in [3.8, 4) is 5.75 Å². The maximum Gasteiger partial charge on any atom is 0.220 e. The van der Waals surface area contributed by atoms with E-state index in [1.54, 1.807) is 7.11 Å². The molecule has 1 saturated carbocycles. The maximum atomic E-state index is 12.2. The van der Waals surface area contributed by atoms with Gasteiger partial charge in [-0.25, -0.2) is 0 Å². The topological polar surface area (TPSA) is 47.6 Å². The normalized spacial score (nSPS) is 14.3. The smallest absolute Gasteiger partial charge is 0.220 e. The Balaban J connectivity index is 1.42. The van der Waals surface area contributed by atoms with E-state index in [4.69, 9.17) is 9.47 Å². The van der Waals surface area contributed by atoms with Crippen molar-refractivity contribution in [1.29, 1.82) is 0 Å². The molecule has 2 aromatic rings. The highest BCUT2D eigenvalue weighted by atomic mass is 16.5. The molecule has 0 aromatic heterocycles. The summed E-state index contributed by atoms with van der Waals surface area (Å²) in [6, 6.07) is 16.3. The summed E-state index contributed by atoms with van der Waals surface area (Å²) in [6.45, 7) is 1.16. The van der Waals surface area contributed by atoms with Crippen LogP contribution >= 0.6 is 0 Å². The van der Waals surface area contributed by atoms with Crippen molar-refractivity contribution in [1.82, 2.24) is 5.32 Å². The van der Waals surface area contributed by atoms with Crippen LogP contribution in [0.3, 0.4) is 0 Å². The van der Waals surface area contributed by atoms with E-state index in [2.05, 4.69) is 17.4 Å². The summed E-state index contributed by atoms with van der Waals surface area (Å²) >= 11 is 0. The summed E-state index contributed by atoms with van der Waals surface area (Å²) in [5.74, 6) is 0.994. The van der Waals surface area contributed by atoms with Crippen molar-refractivity contribution in [2.75, 3.05) is 7.11 Å². The highest BCUT2D eigenvalue weighted by Gasteiger charge is 2.16. The van der Waals surface area contributed by atoms with E-state index in [1.165, 1.54) is 12.8 Å². The van der Waals surface area contributed by atoms with Gasteiger partial charge in [0.2, 0.25) is 5.91 Å². The highest BCUT2D eigenvalue weighted by Crippen LogP contribution is 2.24. The lowest BCUT2D eigenvalue weighted by Gasteiger charge is -2.14. The Hall–Kier alpha value is -2.33. The minimum Gasteiger partial charge on any atom is -0.490 e. The molecule has 0 bridgehead atoms. The van der Waals surface area contributed by atoms with Crippen LogP contribution in [-0.4, -0.2) is 19.1 Å². The molecule has 1 aliphatic rings. The van der Waals surface area contributed by atoms with Gasteiger partial charge in [0.05, 0.1) is 12.7 Å². The Labute approximate surface area is 161 Å². The number of methoxy groups -OCH3 is 1. The summed E-state index contributed by atoms with van der Waals surface area (Å²) in [5.41, 5.74) is 3.37. The second kappa shape index (κ2) is 10.1. The number of carbonyl (C=O) groups excluding carboxylic acids is 1. The van der Waals surface area contributed by atoms with E-state index in [0.29, 0.717) is 25.7 Å². The molecule has 0 aliphatic heterocycles. The lowest BCUT2D eigenvalue weighted by Crippen LogP contribution is -2.23. The van der Waals surface area contributed by atoms with Crippen LogP contribution in [0.25, 0.3) is 0 Å². The van der Waals surface area contributed by atoms with E-state index >= 15 is 0 Å². The zero-order valence-electron chi connectivity index (χ0n) is 16.1. The molecule has 2 aromatic carbocycles. The molecule has 27 heavy (non-hydrogen) atoms. The number of hydrogen-bond acceptors (Lipinski definition) is 3. The van der Waals surface area contributed by atoms with Crippen molar-refractivity contribution >= 4 is 5.91 Å². The monoisotopic (exact) mass is 367 g/mol. The Bertz CT molecular complexity index is 721. The molecule has 0 atom stereocenters. The highest BCUT2D eigenvalue weighted by molar-refractivity contribution is 5.76. The van der Waals surface area contributed by atoms with Crippen LogP contribution in [0.1, 0.15) is 48.8 Å². The number of hydrogen-bond donors (Lipinski definition) is 1. The van der Waals surface area contributed by atoms with Crippen molar-refractivity contribution in [2.45, 2.75) is 57.8 Å². The van der Waals surface area contributed by atoms with E-state index in [9.17, 15) is 4.79 Å². The first-order chi connectivity index (χ1) is 13.2. The molecule has 1 aliphatic carbocycles. The van der Waals surface area contributed by atoms with Gasteiger partial charge < -0.3 is 14.8 Å². The number of ether oxygens (including phenoxy) is 2. The van der Waals surface area contributed by atoms with E-state index in [-0.39, 0.29) is 5.91 Å². The average molecular weight is 367 g/mol. The molecule has 3 rings (SSSR count). The van der Waals surface area contributed by atoms with Crippen LogP contribution < -0.4 is 10.1 Å². The summed E-state index contributed by atoms with van der Waals surface area (Å²) in [5, 5.41) is 2.99. The summed E-state index contributed by atoms with van der Waals surface area (Å²) in [4.78, 5) is 12.2. The van der Waals surface area contributed by atoms with Crippen molar-refractivity contribution in [3.63, 3.8) is 0 Å². The molecule has 0 radical (unpaired) electrons. The Kier molecular flexibility index (Phi) is 7.28. The zero-order valence-corrected chi connectivity index (χ0v) is 16.1. The van der Waals surface area contributed by atoms with Crippen LogP contribution in [0.2, 0.25) is 0 Å². The molecule has 0 saturated heterocycles. The van der Waals surface area contributed by atoms with Crippen LogP contribution in [0.4, 0.5) is 0 Å². The number of nitrogens with one attached hydrogen (secondary N) is 1. The molecule has 0 spiro atoms. The fourth-order valence-corrected chi connectivity index (χ4v) is 3.44. The largest absolute Gasteiger partial charge is 0.490 e. The number of carbonyl (C=O) groups is 1. The van der Waals surface area contributed by atoms with Crippen LogP contribution in [-0.2, 0) is 29.1 Å². The summed E-state index contributed by atoms with van der Waals surface area (Å²) in [6.07, 6.45) is 6.39. The Morgan fingerprint density at radius 3 is 2.52 bits per heavy atom. The Morgan fingerprint density at radius 2 is 1.78 bits per heavy atom. The molecule has 1 amide bonds. The van der Waals surface area contributed by atoms with Gasteiger partial charge in [0, 0.05) is 20.1 Å². The molecular formula is C23H29NO3. The van der Waals surface area contributed by atoms with Crippen LogP contribution in [0.5, 0.6) is 5.75 Å². The second-order valence-electron chi connectivity index (χ2n) is 7.20. The van der Waals surface area contributed by atoms with Crippen LogP contribution in [0, 0.1) is 0 Å². The van der Waals surface area contributed by atoms with Crippen molar-refractivity contribution < 1.29 is 14.3 Å². The molecule has 1 fully saturated rings. The van der Waals surface area contributed by atoms with Gasteiger partial charge in [0.25, 0.3) is 0 Å².